The minimum absolute atomic E-state index is 0.213. The first-order valence-corrected chi connectivity index (χ1v) is 6.27. The van der Waals surface area contributed by atoms with Gasteiger partial charge in [-0.1, -0.05) is 12.8 Å². The number of rotatable bonds is 3. The van der Waals surface area contributed by atoms with Crippen LogP contribution in [0.2, 0.25) is 0 Å². The molecule has 0 aromatic carbocycles. The smallest absolute Gasteiger partial charge is 0.304 e. The normalized spacial score (nSPS) is 35.7. The number of hydrogen-bond acceptors (Lipinski definition) is 3. The third kappa shape index (κ3) is 2.55. The maximum absolute atomic E-state index is 10.5. The third-order valence-corrected chi connectivity index (χ3v) is 4.15. The number of likely N-dealkylation sites (tertiary alicyclic amines) is 1. The van der Waals surface area contributed by atoms with Crippen LogP contribution in [0.5, 0.6) is 0 Å². The van der Waals surface area contributed by atoms with Crippen LogP contribution >= 0.6 is 0 Å². The minimum atomic E-state index is -0.732. The van der Waals surface area contributed by atoms with E-state index in [4.69, 9.17) is 5.11 Å². The number of piperidine rings is 1. The fourth-order valence-electron chi connectivity index (χ4n) is 3.10. The molecule has 2 atom stereocenters. The Morgan fingerprint density at radius 3 is 2.94 bits per heavy atom. The molecule has 16 heavy (non-hydrogen) atoms. The molecule has 0 spiro atoms. The van der Waals surface area contributed by atoms with Crippen molar-refractivity contribution in [3.63, 3.8) is 0 Å². The molecule has 0 radical (unpaired) electrons. The number of fused-ring (bicyclic) bond motifs is 1. The molecule has 1 saturated carbocycles. The van der Waals surface area contributed by atoms with Crippen molar-refractivity contribution in [1.29, 1.82) is 0 Å². The summed E-state index contributed by atoms with van der Waals surface area (Å²) in [4.78, 5) is 12.7. The Labute approximate surface area is 96.3 Å². The fourth-order valence-corrected chi connectivity index (χ4v) is 3.10. The zero-order valence-corrected chi connectivity index (χ0v) is 9.69. The lowest BCUT2D eigenvalue weighted by atomic mass is 9.71. The first-order chi connectivity index (χ1) is 7.60. The number of carboxylic acid groups (broad SMARTS) is 1. The highest BCUT2D eigenvalue weighted by Crippen LogP contribution is 2.39. The van der Waals surface area contributed by atoms with Crippen LogP contribution in [0.3, 0.4) is 0 Å². The van der Waals surface area contributed by atoms with Crippen LogP contribution in [0.15, 0.2) is 0 Å². The zero-order chi connectivity index (χ0) is 11.6. The molecule has 1 aliphatic carbocycles. The zero-order valence-electron chi connectivity index (χ0n) is 9.69. The fraction of sp³-hybridized carbons (Fsp3) is 0.917. The van der Waals surface area contributed by atoms with Crippen LogP contribution in [0.4, 0.5) is 0 Å². The van der Waals surface area contributed by atoms with Gasteiger partial charge >= 0.3 is 5.97 Å². The lowest BCUT2D eigenvalue weighted by molar-refractivity contribution is -0.138. The summed E-state index contributed by atoms with van der Waals surface area (Å²) in [6.07, 6.45) is 5.41. The molecule has 2 unspecified atom stereocenters. The van der Waals surface area contributed by atoms with Gasteiger partial charge in [0.2, 0.25) is 0 Å². The van der Waals surface area contributed by atoms with Gasteiger partial charge in [0.05, 0.1) is 12.0 Å². The van der Waals surface area contributed by atoms with E-state index in [9.17, 15) is 9.90 Å². The van der Waals surface area contributed by atoms with Crippen LogP contribution in [0.25, 0.3) is 0 Å². The van der Waals surface area contributed by atoms with Gasteiger partial charge in [-0.25, -0.2) is 0 Å². The molecule has 2 N–H and O–H groups in total. The third-order valence-electron chi connectivity index (χ3n) is 4.15. The second kappa shape index (κ2) is 4.72. The van der Waals surface area contributed by atoms with Crippen LogP contribution in [0.1, 0.15) is 38.5 Å². The highest BCUT2D eigenvalue weighted by Gasteiger charge is 2.42. The molecule has 4 nitrogen and oxygen atoms in total. The summed E-state index contributed by atoms with van der Waals surface area (Å²) < 4.78 is 0. The summed E-state index contributed by atoms with van der Waals surface area (Å²) in [5, 5.41) is 19.1. The molecule has 1 aliphatic heterocycles. The van der Waals surface area contributed by atoms with Gasteiger partial charge in [-0.2, -0.15) is 0 Å². The van der Waals surface area contributed by atoms with E-state index in [1.54, 1.807) is 0 Å². The van der Waals surface area contributed by atoms with Gasteiger partial charge in [-0.15, -0.1) is 0 Å². The molecule has 1 heterocycles. The quantitative estimate of drug-likeness (QED) is 0.757. The Balaban J connectivity index is 1.87. The average Bonchev–Trinajstić information content (AvgIpc) is 2.26. The largest absolute Gasteiger partial charge is 0.481 e. The molecule has 0 bridgehead atoms. The van der Waals surface area contributed by atoms with Crippen LogP contribution in [0, 0.1) is 5.92 Å². The number of aliphatic hydroxyl groups is 1. The van der Waals surface area contributed by atoms with Crippen molar-refractivity contribution < 1.29 is 15.0 Å². The molecule has 4 heteroatoms. The maximum atomic E-state index is 10.5. The SMILES string of the molecule is O=C(O)CCN1CCC2(O)CCCCC2C1. The van der Waals surface area contributed by atoms with Crippen molar-refractivity contribution in [3.05, 3.63) is 0 Å². The molecular formula is C12H21NO3. The Morgan fingerprint density at radius 2 is 2.19 bits per heavy atom. The molecular weight excluding hydrogens is 206 g/mol. The van der Waals surface area contributed by atoms with E-state index >= 15 is 0 Å². The maximum Gasteiger partial charge on any atom is 0.304 e. The Bertz CT molecular complexity index is 269. The summed E-state index contributed by atoms with van der Waals surface area (Å²) in [6, 6.07) is 0. The van der Waals surface area contributed by atoms with Gasteiger partial charge in [-0.3, -0.25) is 4.79 Å². The molecule has 2 aliphatic rings. The van der Waals surface area contributed by atoms with E-state index in [0.29, 0.717) is 12.5 Å². The number of aliphatic carboxylic acids is 1. The van der Waals surface area contributed by atoms with Gasteiger partial charge < -0.3 is 15.1 Å². The second-order valence-electron chi connectivity index (χ2n) is 5.24. The van der Waals surface area contributed by atoms with Crippen LogP contribution in [-0.4, -0.2) is 46.3 Å². The Kier molecular flexibility index (Phi) is 3.50. The highest BCUT2D eigenvalue weighted by molar-refractivity contribution is 5.66. The van der Waals surface area contributed by atoms with Crippen molar-refractivity contribution in [1.82, 2.24) is 4.90 Å². The molecule has 1 saturated heterocycles. The Morgan fingerprint density at radius 1 is 1.38 bits per heavy atom. The number of carboxylic acids is 1. The molecule has 0 aromatic heterocycles. The first-order valence-electron chi connectivity index (χ1n) is 6.27. The van der Waals surface area contributed by atoms with E-state index < -0.39 is 11.6 Å². The van der Waals surface area contributed by atoms with Gasteiger partial charge in [0.1, 0.15) is 0 Å². The van der Waals surface area contributed by atoms with Crippen molar-refractivity contribution in [2.24, 2.45) is 5.92 Å². The molecule has 92 valence electrons. The number of carbonyl (C=O) groups is 1. The van der Waals surface area contributed by atoms with E-state index in [0.717, 1.165) is 38.8 Å². The van der Waals surface area contributed by atoms with Gasteiger partial charge in [0.15, 0.2) is 0 Å². The topological polar surface area (TPSA) is 60.8 Å². The van der Waals surface area contributed by atoms with E-state index in [2.05, 4.69) is 4.90 Å². The van der Waals surface area contributed by atoms with Gasteiger partial charge in [0, 0.05) is 25.6 Å². The van der Waals surface area contributed by atoms with Crippen molar-refractivity contribution >= 4 is 5.97 Å². The van der Waals surface area contributed by atoms with Crippen LogP contribution in [-0.2, 0) is 4.79 Å². The number of hydrogen-bond donors (Lipinski definition) is 2. The standard InChI is InChI=1S/C12H21NO3/c14-11(15)4-7-13-8-6-12(16)5-2-1-3-10(12)9-13/h10,16H,1-9H2,(H,14,15). The summed E-state index contributed by atoms with van der Waals surface area (Å²) in [5.41, 5.74) is -0.446. The Hall–Kier alpha value is -0.610. The second-order valence-corrected chi connectivity index (χ2v) is 5.24. The first kappa shape index (κ1) is 11.9. The van der Waals surface area contributed by atoms with Gasteiger partial charge in [0.25, 0.3) is 0 Å². The summed E-state index contributed by atoms with van der Waals surface area (Å²) in [7, 11) is 0. The van der Waals surface area contributed by atoms with Crippen molar-refractivity contribution in [3.8, 4) is 0 Å². The highest BCUT2D eigenvalue weighted by atomic mass is 16.4. The van der Waals surface area contributed by atoms with E-state index in [1.165, 1.54) is 6.42 Å². The molecule has 2 rings (SSSR count). The monoisotopic (exact) mass is 227 g/mol. The van der Waals surface area contributed by atoms with Crippen molar-refractivity contribution in [2.45, 2.75) is 44.1 Å². The van der Waals surface area contributed by atoms with Crippen molar-refractivity contribution in [2.75, 3.05) is 19.6 Å². The molecule has 0 amide bonds. The summed E-state index contributed by atoms with van der Waals surface area (Å²) >= 11 is 0. The van der Waals surface area contributed by atoms with E-state index in [1.807, 2.05) is 0 Å². The average molecular weight is 227 g/mol. The lowest BCUT2D eigenvalue weighted by Crippen LogP contribution is -2.53. The predicted octanol–water partition coefficient (Wildman–Crippen LogP) is 1.09. The summed E-state index contributed by atoms with van der Waals surface area (Å²) in [5.74, 6) is -0.367. The van der Waals surface area contributed by atoms with Gasteiger partial charge in [-0.05, 0) is 19.3 Å². The lowest BCUT2D eigenvalue weighted by Gasteiger charge is -2.47. The molecule has 2 fully saturated rings. The predicted molar refractivity (Wildman–Crippen MR) is 60.2 cm³/mol. The molecule has 0 aromatic rings. The van der Waals surface area contributed by atoms with Crippen LogP contribution < -0.4 is 0 Å². The summed E-state index contributed by atoms with van der Waals surface area (Å²) in [6.45, 7) is 2.35. The van der Waals surface area contributed by atoms with E-state index in [-0.39, 0.29) is 6.42 Å². The number of nitrogens with zero attached hydrogens (tertiary/aromatic N) is 1. The minimum Gasteiger partial charge on any atom is -0.481 e.